The van der Waals surface area contributed by atoms with E-state index in [1.54, 1.807) is 0 Å². The fraction of sp³-hybridized carbons (Fsp3) is 0.208. The number of hydrogen-bond acceptors (Lipinski definition) is 1. The van der Waals surface area contributed by atoms with E-state index in [4.69, 9.17) is 11.6 Å². The highest BCUT2D eigenvalue weighted by Gasteiger charge is 2.46. The van der Waals surface area contributed by atoms with Crippen LogP contribution in [-0.2, 0) is 10.2 Å². The Morgan fingerprint density at radius 2 is 1.37 bits per heavy atom. The maximum Gasteiger partial charge on any atom is 0.231 e. The van der Waals surface area contributed by atoms with Crippen molar-refractivity contribution in [2.75, 3.05) is 0 Å². The van der Waals surface area contributed by atoms with Gasteiger partial charge in [0.15, 0.2) is 0 Å². The van der Waals surface area contributed by atoms with E-state index in [-0.39, 0.29) is 11.9 Å². The molecule has 1 atom stereocenters. The Morgan fingerprint density at radius 3 is 1.93 bits per heavy atom. The van der Waals surface area contributed by atoms with Crippen molar-refractivity contribution in [3.8, 4) is 0 Å². The molecule has 1 aliphatic rings. The molecule has 1 saturated carbocycles. The van der Waals surface area contributed by atoms with Crippen LogP contribution in [0.15, 0.2) is 84.9 Å². The van der Waals surface area contributed by atoms with Gasteiger partial charge in [0, 0.05) is 5.02 Å². The van der Waals surface area contributed by atoms with Gasteiger partial charge in [0.25, 0.3) is 0 Å². The van der Waals surface area contributed by atoms with Crippen molar-refractivity contribution in [3.05, 3.63) is 107 Å². The molecule has 0 heterocycles. The molecule has 0 radical (unpaired) electrons. The van der Waals surface area contributed by atoms with Gasteiger partial charge in [-0.2, -0.15) is 0 Å². The summed E-state index contributed by atoms with van der Waals surface area (Å²) in [5.41, 5.74) is 2.79. The van der Waals surface area contributed by atoms with Crippen LogP contribution in [0.4, 0.5) is 0 Å². The second-order valence-electron chi connectivity index (χ2n) is 7.17. The molecule has 3 heteroatoms. The van der Waals surface area contributed by atoms with Crippen LogP contribution in [0.2, 0.25) is 5.02 Å². The van der Waals surface area contributed by atoms with E-state index in [2.05, 4.69) is 29.6 Å². The number of halogens is 1. The number of rotatable bonds is 5. The van der Waals surface area contributed by atoms with Crippen molar-refractivity contribution < 1.29 is 4.79 Å². The Labute approximate surface area is 165 Å². The first-order valence-electron chi connectivity index (χ1n) is 9.36. The SMILES string of the molecule is O=C(NC(c1ccccc1)c1ccc(Cl)cc1)C1(c2ccccc2)CCC1. The molecule has 2 nitrogen and oxygen atoms in total. The number of carbonyl (C=O) groups excluding carboxylic acids is 1. The van der Waals surface area contributed by atoms with Crippen molar-refractivity contribution >= 4 is 17.5 Å². The van der Waals surface area contributed by atoms with Gasteiger partial charge in [-0.25, -0.2) is 0 Å². The van der Waals surface area contributed by atoms with Gasteiger partial charge in [-0.3, -0.25) is 4.79 Å². The first-order chi connectivity index (χ1) is 13.2. The fourth-order valence-corrected chi connectivity index (χ4v) is 3.99. The molecule has 1 aliphatic carbocycles. The maximum atomic E-state index is 13.4. The predicted molar refractivity (Wildman–Crippen MR) is 110 cm³/mol. The van der Waals surface area contributed by atoms with Crippen LogP contribution in [0, 0.1) is 0 Å². The van der Waals surface area contributed by atoms with Gasteiger partial charge in [-0.1, -0.05) is 90.8 Å². The van der Waals surface area contributed by atoms with Gasteiger partial charge in [0.1, 0.15) is 0 Å². The minimum absolute atomic E-state index is 0.101. The molecule has 1 N–H and O–H groups in total. The van der Waals surface area contributed by atoms with Crippen molar-refractivity contribution in [2.24, 2.45) is 0 Å². The van der Waals surface area contributed by atoms with Crippen LogP contribution in [0.3, 0.4) is 0 Å². The summed E-state index contributed by atoms with van der Waals surface area (Å²) < 4.78 is 0. The summed E-state index contributed by atoms with van der Waals surface area (Å²) in [6, 6.07) is 27.8. The standard InChI is InChI=1S/C24H22ClNO/c25-21-14-12-19(13-15-21)22(18-8-3-1-4-9-18)26-23(27)24(16-7-17-24)20-10-5-2-6-11-20/h1-6,8-15,22H,7,16-17H2,(H,26,27). The Balaban J connectivity index is 1.67. The smallest absolute Gasteiger partial charge is 0.231 e. The zero-order valence-corrected chi connectivity index (χ0v) is 15.8. The van der Waals surface area contributed by atoms with Gasteiger partial charge < -0.3 is 5.32 Å². The van der Waals surface area contributed by atoms with Crippen LogP contribution >= 0.6 is 11.6 Å². The fourth-order valence-electron chi connectivity index (χ4n) is 3.86. The van der Waals surface area contributed by atoms with Gasteiger partial charge in [0.05, 0.1) is 11.5 Å². The molecule has 27 heavy (non-hydrogen) atoms. The Bertz CT molecular complexity index is 902. The zero-order valence-electron chi connectivity index (χ0n) is 15.1. The number of hydrogen-bond donors (Lipinski definition) is 1. The number of nitrogens with one attached hydrogen (secondary N) is 1. The van der Waals surface area contributed by atoms with E-state index in [9.17, 15) is 4.79 Å². The second kappa shape index (κ2) is 7.58. The minimum atomic E-state index is -0.416. The lowest BCUT2D eigenvalue weighted by Gasteiger charge is -2.41. The third-order valence-electron chi connectivity index (χ3n) is 5.58. The average molecular weight is 376 g/mol. The van der Waals surface area contributed by atoms with Crippen molar-refractivity contribution in [2.45, 2.75) is 30.7 Å². The molecule has 1 fully saturated rings. The number of amides is 1. The van der Waals surface area contributed by atoms with Crippen LogP contribution in [0.5, 0.6) is 0 Å². The van der Waals surface area contributed by atoms with E-state index in [1.807, 2.05) is 60.7 Å². The monoisotopic (exact) mass is 375 g/mol. The second-order valence-corrected chi connectivity index (χ2v) is 7.61. The molecule has 0 aromatic heterocycles. The number of benzene rings is 3. The molecule has 3 aromatic carbocycles. The molecule has 4 rings (SSSR count). The third-order valence-corrected chi connectivity index (χ3v) is 5.83. The normalized spacial score (nSPS) is 16.2. The largest absolute Gasteiger partial charge is 0.344 e. The maximum absolute atomic E-state index is 13.4. The van der Waals surface area contributed by atoms with Crippen LogP contribution in [0.1, 0.15) is 42.0 Å². The minimum Gasteiger partial charge on any atom is -0.344 e. The molecule has 1 unspecified atom stereocenters. The molecule has 0 aliphatic heterocycles. The van der Waals surface area contributed by atoms with Crippen LogP contribution in [-0.4, -0.2) is 5.91 Å². The van der Waals surface area contributed by atoms with Crippen molar-refractivity contribution in [1.82, 2.24) is 5.32 Å². The van der Waals surface area contributed by atoms with Gasteiger partial charge >= 0.3 is 0 Å². The van der Waals surface area contributed by atoms with Crippen LogP contribution in [0.25, 0.3) is 0 Å². The Hall–Kier alpha value is -2.58. The van der Waals surface area contributed by atoms with E-state index in [0.29, 0.717) is 5.02 Å². The van der Waals surface area contributed by atoms with E-state index in [0.717, 1.165) is 36.0 Å². The summed E-state index contributed by atoms with van der Waals surface area (Å²) in [5, 5.41) is 4.02. The predicted octanol–water partition coefficient (Wildman–Crippen LogP) is 5.67. The summed E-state index contributed by atoms with van der Waals surface area (Å²) >= 11 is 6.06. The van der Waals surface area contributed by atoms with E-state index in [1.165, 1.54) is 0 Å². The quantitative estimate of drug-likeness (QED) is 0.611. The number of carbonyl (C=O) groups is 1. The molecule has 136 valence electrons. The lowest BCUT2D eigenvalue weighted by Crippen LogP contribution is -2.50. The molecule has 3 aromatic rings. The summed E-state index contributed by atoms with van der Waals surface area (Å²) in [6.45, 7) is 0. The highest BCUT2D eigenvalue weighted by atomic mass is 35.5. The summed E-state index contributed by atoms with van der Waals surface area (Å²) in [6.07, 6.45) is 2.87. The van der Waals surface area contributed by atoms with Crippen molar-refractivity contribution in [3.63, 3.8) is 0 Å². The van der Waals surface area contributed by atoms with Crippen molar-refractivity contribution in [1.29, 1.82) is 0 Å². The van der Waals surface area contributed by atoms with Gasteiger partial charge in [-0.05, 0) is 41.7 Å². The lowest BCUT2D eigenvalue weighted by atomic mass is 9.63. The van der Waals surface area contributed by atoms with E-state index < -0.39 is 5.41 Å². The highest BCUT2D eigenvalue weighted by Crippen LogP contribution is 2.44. The molecule has 0 saturated heterocycles. The molecule has 0 spiro atoms. The molecule has 0 bridgehead atoms. The summed E-state index contributed by atoms with van der Waals surface area (Å²) in [5.74, 6) is 0.101. The Morgan fingerprint density at radius 1 is 0.815 bits per heavy atom. The average Bonchev–Trinajstić information content (AvgIpc) is 2.68. The first kappa shape index (κ1) is 17.8. The van der Waals surface area contributed by atoms with Crippen LogP contribution < -0.4 is 5.32 Å². The highest BCUT2D eigenvalue weighted by molar-refractivity contribution is 6.30. The first-order valence-corrected chi connectivity index (χ1v) is 9.74. The lowest BCUT2D eigenvalue weighted by molar-refractivity contribution is -0.130. The topological polar surface area (TPSA) is 29.1 Å². The third kappa shape index (κ3) is 3.50. The molecular weight excluding hydrogens is 354 g/mol. The zero-order chi connectivity index (χ0) is 18.7. The molecule has 1 amide bonds. The summed E-state index contributed by atoms with van der Waals surface area (Å²) in [7, 11) is 0. The Kier molecular flexibility index (Phi) is 5.00. The van der Waals surface area contributed by atoms with E-state index >= 15 is 0 Å². The summed E-state index contributed by atoms with van der Waals surface area (Å²) in [4.78, 5) is 13.4. The van der Waals surface area contributed by atoms with Gasteiger partial charge in [-0.15, -0.1) is 0 Å². The molecular formula is C24H22ClNO. The van der Waals surface area contributed by atoms with Gasteiger partial charge in [0.2, 0.25) is 5.91 Å².